The van der Waals surface area contributed by atoms with E-state index in [0.717, 1.165) is 6.92 Å². The average molecular weight is 1250 g/mol. The zero-order valence-corrected chi connectivity index (χ0v) is 48.9. The molecular weight excluding hydrogens is 1170 g/mol. The normalized spacial score (nSPS) is 17.6. The van der Waals surface area contributed by atoms with Crippen LogP contribution in [0.2, 0.25) is 0 Å². The minimum absolute atomic E-state index is 0.00607. The third kappa shape index (κ3) is 20.6. The van der Waals surface area contributed by atoms with Crippen LogP contribution in [0.15, 0.2) is 59.7 Å². The van der Waals surface area contributed by atoms with Gasteiger partial charge in [0.1, 0.15) is 54.1 Å². The maximum Gasteiger partial charge on any atom is 0.328 e. The topological polar surface area (TPSA) is 555 Å². The van der Waals surface area contributed by atoms with Crippen LogP contribution < -0.4 is 65.9 Å². The lowest BCUT2D eigenvalue weighted by molar-refractivity contribution is -0.148. The summed E-state index contributed by atoms with van der Waals surface area (Å²) in [5.41, 5.74) is 28.9. The van der Waals surface area contributed by atoms with Crippen LogP contribution >= 0.6 is 0 Å². The number of nitrogens with one attached hydrogen (secondary N) is 8. The van der Waals surface area contributed by atoms with Gasteiger partial charge in [-0.3, -0.25) is 57.7 Å². The molecule has 2 aromatic carbocycles. The second-order valence-corrected chi connectivity index (χ2v) is 21.7. The van der Waals surface area contributed by atoms with E-state index in [4.69, 9.17) is 28.7 Å². The molecule has 0 spiro atoms. The Bertz CT molecular complexity index is 3060. The van der Waals surface area contributed by atoms with Crippen molar-refractivity contribution in [3.05, 3.63) is 65.9 Å². The summed E-state index contributed by atoms with van der Waals surface area (Å²) in [6, 6.07) is -2.54. The first-order valence-electron chi connectivity index (χ1n) is 28.8. The number of para-hydroxylation sites is 1. The van der Waals surface area contributed by atoms with Crippen molar-refractivity contribution >= 4 is 87.8 Å². The Morgan fingerprint density at radius 1 is 0.629 bits per heavy atom. The third-order valence-electron chi connectivity index (χ3n) is 15.0. The molecule has 0 saturated carbocycles. The summed E-state index contributed by atoms with van der Waals surface area (Å²) in [5, 5.41) is 68.1. The first-order chi connectivity index (χ1) is 42.2. The van der Waals surface area contributed by atoms with Gasteiger partial charge in [0.2, 0.25) is 65.0 Å². The van der Waals surface area contributed by atoms with Crippen LogP contribution in [0.4, 0.5) is 0 Å². The molecule has 5 rings (SSSR count). The van der Waals surface area contributed by atoms with Crippen LogP contribution in [0.3, 0.4) is 0 Å². The summed E-state index contributed by atoms with van der Waals surface area (Å²) in [6.07, 6.45) is -0.944. The van der Waals surface area contributed by atoms with Crippen molar-refractivity contribution in [2.45, 2.75) is 150 Å². The van der Waals surface area contributed by atoms with Gasteiger partial charge in [0, 0.05) is 62.4 Å². The monoisotopic (exact) mass is 1250 g/mol. The number of hydrogen-bond acceptors (Lipinski definition) is 18. The number of aliphatic carboxylic acids is 1. The maximum absolute atomic E-state index is 15.0. The number of aliphatic imine (C=N–C) groups is 1. The van der Waals surface area contributed by atoms with E-state index >= 15 is 0 Å². The van der Waals surface area contributed by atoms with Crippen molar-refractivity contribution < 1.29 is 83.1 Å². The van der Waals surface area contributed by atoms with E-state index in [1.165, 1.54) is 34.1 Å². The number of aromatic nitrogens is 1. The number of carbonyl (C=O) groups excluding carboxylic acids is 11. The first kappa shape index (κ1) is 70.3. The number of carboxylic acid groups (broad SMARTS) is 1. The Hall–Kier alpha value is -9.47. The van der Waals surface area contributed by atoms with Crippen LogP contribution in [-0.4, -0.2) is 217 Å². The van der Waals surface area contributed by atoms with Crippen molar-refractivity contribution in [2.75, 3.05) is 32.8 Å². The smallest absolute Gasteiger partial charge is 0.328 e. The number of aliphatic hydroxyl groups excluding tert-OH is 3. The summed E-state index contributed by atoms with van der Waals surface area (Å²) in [5.74, 6) is -12.1. The zero-order chi connectivity index (χ0) is 65.6. The number of likely N-dealkylation sites (tertiary alicyclic amines) is 2. The minimum atomic E-state index is -1.88. The number of phenolic OH excluding ortho intramolecular Hbond substituents is 1. The number of aromatic hydroxyl groups is 1. The van der Waals surface area contributed by atoms with Gasteiger partial charge in [0.15, 0.2) is 12.0 Å². The van der Waals surface area contributed by atoms with Crippen LogP contribution in [-0.2, 0) is 70.4 Å². The fourth-order valence-corrected chi connectivity index (χ4v) is 10.2. The second kappa shape index (κ2) is 33.6. The first-order valence-corrected chi connectivity index (χ1v) is 28.8. The molecule has 0 radical (unpaired) electrons. The molecule has 23 N–H and O–H groups in total. The van der Waals surface area contributed by atoms with Crippen LogP contribution in [0.5, 0.6) is 5.75 Å². The Morgan fingerprint density at radius 3 is 1.74 bits per heavy atom. The van der Waals surface area contributed by atoms with Gasteiger partial charge in [-0.1, -0.05) is 30.3 Å². The van der Waals surface area contributed by atoms with E-state index in [1.54, 1.807) is 30.5 Å². The summed E-state index contributed by atoms with van der Waals surface area (Å²) in [4.78, 5) is 171. The van der Waals surface area contributed by atoms with Crippen molar-refractivity contribution in [1.29, 1.82) is 0 Å². The molecule has 33 nitrogen and oxygen atoms in total. The molecule has 11 amide bonds. The predicted molar refractivity (Wildman–Crippen MR) is 315 cm³/mol. The number of H-pyrrole nitrogens is 1. The second-order valence-electron chi connectivity index (χ2n) is 21.7. The molecule has 486 valence electrons. The number of hydrogen-bond donors (Lipinski definition) is 18. The molecule has 3 heterocycles. The van der Waals surface area contributed by atoms with Gasteiger partial charge in [0.05, 0.1) is 25.4 Å². The molecule has 1 aromatic heterocycles. The van der Waals surface area contributed by atoms with E-state index in [1.807, 2.05) is 0 Å². The van der Waals surface area contributed by atoms with Gasteiger partial charge >= 0.3 is 5.97 Å². The molecule has 2 fully saturated rings. The number of carboxylic acids is 1. The van der Waals surface area contributed by atoms with Gasteiger partial charge in [-0.25, -0.2) is 4.79 Å². The Kier molecular flexibility index (Phi) is 26.5. The van der Waals surface area contributed by atoms with Crippen LogP contribution in [0, 0.1) is 0 Å². The molecule has 11 atom stereocenters. The number of amides is 11. The van der Waals surface area contributed by atoms with E-state index in [0.29, 0.717) is 34.9 Å². The number of primary amides is 2. The van der Waals surface area contributed by atoms with Gasteiger partial charge in [0.25, 0.3) is 0 Å². The van der Waals surface area contributed by atoms with E-state index in [9.17, 15) is 83.1 Å². The molecule has 2 aliphatic rings. The lowest BCUT2D eigenvalue weighted by atomic mass is 10.0. The molecule has 33 heteroatoms. The van der Waals surface area contributed by atoms with E-state index in [-0.39, 0.29) is 89.1 Å². The lowest BCUT2D eigenvalue weighted by Gasteiger charge is -2.33. The number of nitrogens with two attached hydrogens (primary N) is 5. The SMILES string of the molecule is C[C@@H](O)[C@H](NC(=O)[C@H](Cc1ccc(O)cc1)NC(=O)[C@@H]1CCCN1C(=O)[C@@H]1CCCN1C(=O)[C@H](Cc1c[nH]c2ccccc12)NC(=O)[C@H](CO)NC(=O)[C@H](CO)NC(=O)[C@H](CCCN=C(N)N)NC(=O)[C@H](CCC(N)=O)NC(=O)[C@@H](N)CCC(N)=O)C(=O)O. The number of rotatable bonds is 34. The summed E-state index contributed by atoms with van der Waals surface area (Å²) >= 11 is 0. The fraction of sp³-hybridized carbons (Fsp3) is 0.518. The highest BCUT2D eigenvalue weighted by Crippen LogP contribution is 2.28. The highest BCUT2D eigenvalue weighted by Gasteiger charge is 2.45. The molecule has 0 aliphatic carbocycles. The standard InChI is InChI=1S/C56H80N16O17/c1-28(75)45(55(88)89)70-49(82)37(23-29-12-14-31(76)15-13-29)66-52(85)41-10-5-21-71(41)54(87)42-11-6-22-72(42)53(86)38(24-30-25-63-34-8-3-2-7-32(30)34)67-50(83)39(26-73)69-51(84)40(27-74)68-47(80)35(9-4-20-62-56(60)61)65-48(81)36(17-19-44(59)78)64-46(79)33(57)16-18-43(58)77/h2-3,7-8,12-15,25,28,33,35-42,45,63,73-76H,4-6,9-11,16-24,26-27,57H2,1H3,(H2,58,77)(H2,59,78)(H,64,79)(H,65,81)(H,66,85)(H,67,83)(H,68,80)(H,69,84)(H,70,82)(H,88,89)(H4,60,61,62)/t28-,33+,35+,36+,37+,38+,39+,40+,41+,42+,45+/m1/s1. The number of phenols is 1. The van der Waals surface area contributed by atoms with E-state index in [2.05, 4.69) is 47.2 Å². The number of benzene rings is 2. The highest BCUT2D eigenvalue weighted by molar-refractivity contribution is 5.99. The molecule has 89 heavy (non-hydrogen) atoms. The van der Waals surface area contributed by atoms with Crippen LogP contribution in [0.25, 0.3) is 10.9 Å². The quantitative estimate of drug-likeness (QED) is 0.0150. The fourth-order valence-electron chi connectivity index (χ4n) is 10.2. The average Bonchev–Trinajstić information content (AvgIpc) is 1.87. The van der Waals surface area contributed by atoms with Gasteiger partial charge in [-0.2, -0.15) is 0 Å². The molecule has 2 saturated heterocycles. The summed E-state index contributed by atoms with van der Waals surface area (Å²) < 4.78 is 0. The van der Waals surface area contributed by atoms with E-state index < -0.39 is 157 Å². The summed E-state index contributed by atoms with van der Waals surface area (Å²) in [7, 11) is 0. The molecule has 2 aliphatic heterocycles. The number of aliphatic hydroxyl groups is 3. The Balaban J connectivity index is 1.34. The number of guanidine groups is 1. The number of aromatic amines is 1. The van der Waals surface area contributed by atoms with Gasteiger partial charge < -0.3 is 106 Å². The van der Waals surface area contributed by atoms with Gasteiger partial charge in [-0.15, -0.1) is 0 Å². The number of nitrogens with zero attached hydrogens (tertiary/aromatic N) is 3. The number of carbonyl (C=O) groups is 12. The summed E-state index contributed by atoms with van der Waals surface area (Å²) in [6.45, 7) is -1.07. The third-order valence-corrected chi connectivity index (χ3v) is 15.0. The predicted octanol–water partition coefficient (Wildman–Crippen LogP) is -6.60. The lowest BCUT2D eigenvalue weighted by Crippen LogP contribution is -2.61. The molecule has 0 unspecified atom stereocenters. The van der Waals surface area contributed by atoms with Crippen molar-refractivity contribution in [3.8, 4) is 5.75 Å². The Labute approximate surface area is 510 Å². The van der Waals surface area contributed by atoms with Crippen molar-refractivity contribution in [3.63, 3.8) is 0 Å². The maximum atomic E-state index is 15.0. The van der Waals surface area contributed by atoms with Gasteiger partial charge in [-0.05, 0) is 87.6 Å². The van der Waals surface area contributed by atoms with Crippen molar-refractivity contribution in [2.24, 2.45) is 33.7 Å². The molecular formula is C56H80N16O17. The largest absolute Gasteiger partial charge is 0.508 e. The Morgan fingerprint density at radius 2 is 1.16 bits per heavy atom. The highest BCUT2D eigenvalue weighted by atomic mass is 16.4. The van der Waals surface area contributed by atoms with Crippen LogP contribution in [0.1, 0.15) is 82.3 Å². The molecule has 3 aromatic rings. The number of fused-ring (bicyclic) bond motifs is 1. The van der Waals surface area contributed by atoms with Crippen molar-refractivity contribution in [1.82, 2.24) is 52.0 Å². The zero-order valence-electron chi connectivity index (χ0n) is 48.9. The minimum Gasteiger partial charge on any atom is -0.508 e. The molecule has 0 bridgehead atoms.